The van der Waals surface area contributed by atoms with Crippen LogP contribution in [0.3, 0.4) is 0 Å². The second-order valence-corrected chi connectivity index (χ2v) is 3.59. The maximum Gasteiger partial charge on any atom is 0.119 e. The number of rotatable bonds is 6. The number of hydrogen-bond acceptors (Lipinski definition) is 3. The Labute approximate surface area is 91.4 Å². The van der Waals surface area contributed by atoms with Crippen molar-refractivity contribution < 1.29 is 4.74 Å². The van der Waals surface area contributed by atoms with Gasteiger partial charge in [-0.1, -0.05) is 19.1 Å². The van der Waals surface area contributed by atoms with Gasteiger partial charge >= 0.3 is 0 Å². The molecule has 0 saturated heterocycles. The van der Waals surface area contributed by atoms with E-state index in [1.807, 2.05) is 24.3 Å². The maximum atomic E-state index is 5.62. The highest BCUT2D eigenvalue weighted by atomic mass is 16.5. The van der Waals surface area contributed by atoms with Crippen molar-refractivity contribution in [1.82, 2.24) is 0 Å². The van der Waals surface area contributed by atoms with Crippen molar-refractivity contribution in [3.05, 3.63) is 29.8 Å². The van der Waals surface area contributed by atoms with Gasteiger partial charge in [-0.15, -0.1) is 0 Å². The lowest BCUT2D eigenvalue weighted by atomic mass is 9.99. The molecule has 0 aromatic heterocycles. The molecule has 0 bridgehead atoms. The molecule has 15 heavy (non-hydrogen) atoms. The Balaban J connectivity index is 2.62. The van der Waals surface area contributed by atoms with E-state index in [-0.39, 0.29) is 5.92 Å². The molecule has 0 heterocycles. The highest BCUT2D eigenvalue weighted by molar-refractivity contribution is 5.29. The van der Waals surface area contributed by atoms with Gasteiger partial charge in [0.2, 0.25) is 0 Å². The lowest BCUT2D eigenvalue weighted by Crippen LogP contribution is -2.21. The summed E-state index contributed by atoms with van der Waals surface area (Å²) in [5, 5.41) is 0. The smallest absolute Gasteiger partial charge is 0.119 e. The number of hydrogen-bond donors (Lipinski definition) is 2. The van der Waals surface area contributed by atoms with Crippen LogP contribution in [0.2, 0.25) is 0 Å². The van der Waals surface area contributed by atoms with Crippen LogP contribution in [0.15, 0.2) is 24.3 Å². The topological polar surface area (TPSA) is 61.3 Å². The molecule has 84 valence electrons. The van der Waals surface area contributed by atoms with Crippen LogP contribution in [-0.2, 0) is 0 Å². The van der Waals surface area contributed by atoms with E-state index >= 15 is 0 Å². The van der Waals surface area contributed by atoms with Crippen LogP contribution in [-0.4, -0.2) is 19.7 Å². The summed E-state index contributed by atoms with van der Waals surface area (Å²) >= 11 is 0. The molecular weight excluding hydrogens is 188 g/mol. The van der Waals surface area contributed by atoms with Crippen molar-refractivity contribution >= 4 is 0 Å². The molecule has 0 spiro atoms. The summed E-state index contributed by atoms with van der Waals surface area (Å²) in [5.41, 5.74) is 12.4. The van der Waals surface area contributed by atoms with Crippen LogP contribution in [0.4, 0.5) is 0 Å². The average Bonchev–Trinajstić information content (AvgIpc) is 2.29. The molecule has 0 radical (unpaired) electrons. The van der Waals surface area contributed by atoms with E-state index in [1.54, 1.807) is 0 Å². The predicted octanol–water partition coefficient (Wildman–Crippen LogP) is 1.48. The molecule has 1 rings (SSSR count). The van der Waals surface area contributed by atoms with Gasteiger partial charge in [-0.05, 0) is 24.1 Å². The van der Waals surface area contributed by atoms with Crippen molar-refractivity contribution in [1.29, 1.82) is 0 Å². The van der Waals surface area contributed by atoms with Gasteiger partial charge in [0, 0.05) is 19.0 Å². The SMILES string of the molecule is CCCOc1ccc(C(CN)CN)cc1. The van der Waals surface area contributed by atoms with Crippen LogP contribution in [0, 0.1) is 0 Å². The number of benzene rings is 1. The van der Waals surface area contributed by atoms with Crippen LogP contribution in [0.25, 0.3) is 0 Å². The Morgan fingerprint density at radius 3 is 2.20 bits per heavy atom. The molecule has 0 aliphatic carbocycles. The first-order valence-corrected chi connectivity index (χ1v) is 5.44. The van der Waals surface area contributed by atoms with E-state index in [0.29, 0.717) is 13.1 Å². The highest BCUT2D eigenvalue weighted by Gasteiger charge is 2.06. The lowest BCUT2D eigenvalue weighted by molar-refractivity contribution is 0.317. The van der Waals surface area contributed by atoms with E-state index in [0.717, 1.165) is 18.8 Å². The molecule has 0 amide bonds. The summed E-state index contributed by atoms with van der Waals surface area (Å²) in [5.74, 6) is 1.17. The Bertz CT molecular complexity index is 267. The minimum Gasteiger partial charge on any atom is -0.494 e. The third kappa shape index (κ3) is 3.53. The Hall–Kier alpha value is -1.06. The molecular formula is C12H20N2O. The first-order valence-electron chi connectivity index (χ1n) is 5.44. The zero-order valence-electron chi connectivity index (χ0n) is 9.28. The van der Waals surface area contributed by atoms with Crippen LogP contribution < -0.4 is 16.2 Å². The molecule has 0 saturated carbocycles. The molecule has 0 aliphatic rings. The third-order valence-corrected chi connectivity index (χ3v) is 2.39. The largest absolute Gasteiger partial charge is 0.494 e. The van der Waals surface area contributed by atoms with E-state index in [4.69, 9.17) is 16.2 Å². The lowest BCUT2D eigenvalue weighted by Gasteiger charge is -2.13. The van der Waals surface area contributed by atoms with E-state index in [9.17, 15) is 0 Å². The standard InChI is InChI=1S/C12H20N2O/c1-2-7-15-12-5-3-10(4-6-12)11(8-13)9-14/h3-6,11H,2,7-9,13-14H2,1H3. The minimum atomic E-state index is 0.255. The minimum absolute atomic E-state index is 0.255. The fraction of sp³-hybridized carbons (Fsp3) is 0.500. The quantitative estimate of drug-likeness (QED) is 0.744. The fourth-order valence-corrected chi connectivity index (χ4v) is 1.42. The van der Waals surface area contributed by atoms with Crippen LogP contribution in [0.5, 0.6) is 5.75 Å². The maximum absolute atomic E-state index is 5.62. The van der Waals surface area contributed by atoms with Crippen molar-refractivity contribution in [2.45, 2.75) is 19.3 Å². The van der Waals surface area contributed by atoms with Gasteiger partial charge in [0.15, 0.2) is 0 Å². The van der Waals surface area contributed by atoms with Gasteiger partial charge in [0.05, 0.1) is 6.61 Å². The zero-order valence-corrected chi connectivity index (χ0v) is 9.28. The molecule has 0 fully saturated rings. The third-order valence-electron chi connectivity index (χ3n) is 2.39. The van der Waals surface area contributed by atoms with Crippen molar-refractivity contribution in [3.8, 4) is 5.75 Å². The second kappa shape index (κ2) is 6.43. The Kier molecular flexibility index (Phi) is 5.15. The van der Waals surface area contributed by atoms with Crippen molar-refractivity contribution in [3.63, 3.8) is 0 Å². The predicted molar refractivity (Wildman–Crippen MR) is 63.1 cm³/mol. The van der Waals surface area contributed by atoms with Gasteiger partial charge in [-0.25, -0.2) is 0 Å². The van der Waals surface area contributed by atoms with E-state index < -0.39 is 0 Å². The van der Waals surface area contributed by atoms with E-state index in [2.05, 4.69) is 6.92 Å². The summed E-state index contributed by atoms with van der Waals surface area (Å²) < 4.78 is 5.49. The molecule has 0 aliphatic heterocycles. The van der Waals surface area contributed by atoms with E-state index in [1.165, 1.54) is 5.56 Å². The monoisotopic (exact) mass is 208 g/mol. The van der Waals surface area contributed by atoms with Crippen molar-refractivity contribution in [2.24, 2.45) is 11.5 Å². The summed E-state index contributed by atoms with van der Waals surface area (Å²) in [6.07, 6.45) is 1.02. The van der Waals surface area contributed by atoms with Gasteiger partial charge in [-0.2, -0.15) is 0 Å². The summed E-state index contributed by atoms with van der Waals surface area (Å²) in [6.45, 7) is 4.03. The Morgan fingerprint density at radius 2 is 1.73 bits per heavy atom. The summed E-state index contributed by atoms with van der Waals surface area (Å²) in [7, 11) is 0. The second-order valence-electron chi connectivity index (χ2n) is 3.59. The molecule has 1 aromatic carbocycles. The zero-order chi connectivity index (χ0) is 11.1. The average molecular weight is 208 g/mol. The first-order chi connectivity index (χ1) is 7.31. The highest BCUT2D eigenvalue weighted by Crippen LogP contribution is 2.18. The van der Waals surface area contributed by atoms with Crippen LogP contribution >= 0.6 is 0 Å². The molecule has 1 aromatic rings. The molecule has 3 nitrogen and oxygen atoms in total. The fourth-order valence-electron chi connectivity index (χ4n) is 1.42. The molecule has 4 N–H and O–H groups in total. The van der Waals surface area contributed by atoms with Gasteiger partial charge < -0.3 is 16.2 Å². The summed E-state index contributed by atoms with van der Waals surface area (Å²) in [4.78, 5) is 0. The van der Waals surface area contributed by atoms with Crippen LogP contribution in [0.1, 0.15) is 24.8 Å². The van der Waals surface area contributed by atoms with Gasteiger partial charge in [0.1, 0.15) is 5.75 Å². The molecule has 3 heteroatoms. The van der Waals surface area contributed by atoms with Gasteiger partial charge in [0.25, 0.3) is 0 Å². The van der Waals surface area contributed by atoms with Gasteiger partial charge in [-0.3, -0.25) is 0 Å². The summed E-state index contributed by atoms with van der Waals surface area (Å²) in [6, 6.07) is 8.03. The normalized spacial score (nSPS) is 10.7. The molecule has 0 atom stereocenters. The Morgan fingerprint density at radius 1 is 1.13 bits per heavy atom. The van der Waals surface area contributed by atoms with Crippen molar-refractivity contribution in [2.75, 3.05) is 19.7 Å². The molecule has 0 unspecified atom stereocenters. The number of nitrogens with two attached hydrogens (primary N) is 2. The number of ether oxygens (including phenoxy) is 1. The first kappa shape index (κ1) is 12.0.